The number of para-hydroxylation sites is 1. The standard InChI is InChI=1S/C21H18N2O3S2/c1-22(17-10-6-3-7-11-17)28(25,26)18-12-13-19-20(14-18)27-21(24)23(19)15-16-8-4-2-5-9-16/h2-14H,15H2,1H3. The van der Waals surface area contributed by atoms with E-state index in [2.05, 4.69) is 0 Å². The van der Waals surface area contributed by atoms with Crippen molar-refractivity contribution in [3.8, 4) is 0 Å². The third-order valence-electron chi connectivity index (χ3n) is 4.60. The smallest absolute Gasteiger partial charge is 0.294 e. The van der Waals surface area contributed by atoms with Crippen LogP contribution in [0.3, 0.4) is 0 Å². The maximum atomic E-state index is 13.0. The molecule has 4 rings (SSSR count). The number of sulfonamides is 1. The number of aromatic nitrogens is 1. The Morgan fingerprint density at radius 1 is 0.929 bits per heavy atom. The molecule has 0 radical (unpaired) electrons. The van der Waals surface area contributed by atoms with E-state index < -0.39 is 10.0 Å². The Bertz CT molecular complexity index is 1280. The van der Waals surface area contributed by atoms with Crippen LogP contribution in [0.1, 0.15) is 5.56 Å². The predicted molar refractivity (Wildman–Crippen MR) is 114 cm³/mol. The van der Waals surface area contributed by atoms with Crippen LogP contribution in [0.4, 0.5) is 5.69 Å². The van der Waals surface area contributed by atoms with Gasteiger partial charge in [0.1, 0.15) is 0 Å². The van der Waals surface area contributed by atoms with Crippen molar-refractivity contribution < 1.29 is 8.42 Å². The summed E-state index contributed by atoms with van der Waals surface area (Å²) in [5, 5.41) is 0. The van der Waals surface area contributed by atoms with Crippen LogP contribution in [-0.4, -0.2) is 20.0 Å². The van der Waals surface area contributed by atoms with Gasteiger partial charge in [0.2, 0.25) is 0 Å². The van der Waals surface area contributed by atoms with Gasteiger partial charge in [-0.25, -0.2) is 8.42 Å². The normalized spacial score (nSPS) is 11.6. The third kappa shape index (κ3) is 3.34. The summed E-state index contributed by atoms with van der Waals surface area (Å²) in [4.78, 5) is 12.5. The minimum Gasteiger partial charge on any atom is -0.294 e. The van der Waals surface area contributed by atoms with Gasteiger partial charge in [-0.05, 0) is 35.9 Å². The third-order valence-corrected chi connectivity index (χ3v) is 7.32. The zero-order valence-electron chi connectivity index (χ0n) is 15.1. The van der Waals surface area contributed by atoms with Gasteiger partial charge in [0.15, 0.2) is 0 Å². The molecule has 0 saturated heterocycles. The molecular weight excluding hydrogens is 392 g/mol. The number of fused-ring (bicyclic) bond motifs is 1. The highest BCUT2D eigenvalue weighted by molar-refractivity contribution is 7.92. The number of hydrogen-bond acceptors (Lipinski definition) is 4. The van der Waals surface area contributed by atoms with Crippen LogP contribution in [0.25, 0.3) is 10.2 Å². The van der Waals surface area contributed by atoms with Crippen molar-refractivity contribution in [3.05, 3.63) is 94.1 Å². The van der Waals surface area contributed by atoms with E-state index in [9.17, 15) is 13.2 Å². The SMILES string of the molecule is CN(c1ccccc1)S(=O)(=O)c1ccc2c(c1)sc(=O)n2Cc1ccccc1. The molecule has 0 spiro atoms. The van der Waals surface area contributed by atoms with Crippen molar-refractivity contribution in [2.45, 2.75) is 11.4 Å². The van der Waals surface area contributed by atoms with E-state index in [-0.39, 0.29) is 9.77 Å². The topological polar surface area (TPSA) is 59.4 Å². The molecule has 28 heavy (non-hydrogen) atoms. The average Bonchev–Trinajstić information content (AvgIpc) is 3.03. The van der Waals surface area contributed by atoms with Crippen molar-refractivity contribution in [1.82, 2.24) is 4.57 Å². The van der Waals surface area contributed by atoms with Gasteiger partial charge in [-0.2, -0.15) is 0 Å². The Labute approximate surface area is 167 Å². The molecule has 0 atom stereocenters. The van der Waals surface area contributed by atoms with Gasteiger partial charge in [-0.1, -0.05) is 59.9 Å². The van der Waals surface area contributed by atoms with Crippen LogP contribution in [0.2, 0.25) is 0 Å². The van der Waals surface area contributed by atoms with Crippen molar-refractivity contribution >= 4 is 37.3 Å². The minimum absolute atomic E-state index is 0.107. The van der Waals surface area contributed by atoms with E-state index in [1.165, 1.54) is 11.4 Å². The van der Waals surface area contributed by atoms with Crippen LogP contribution >= 0.6 is 11.3 Å². The summed E-state index contributed by atoms with van der Waals surface area (Å²) >= 11 is 1.06. The summed E-state index contributed by atoms with van der Waals surface area (Å²) in [5.41, 5.74) is 2.34. The molecule has 142 valence electrons. The molecule has 1 aromatic heterocycles. The van der Waals surface area contributed by atoms with Crippen molar-refractivity contribution in [2.75, 3.05) is 11.4 Å². The highest BCUT2D eigenvalue weighted by Gasteiger charge is 2.22. The molecule has 0 unspecified atom stereocenters. The zero-order valence-corrected chi connectivity index (χ0v) is 16.8. The van der Waals surface area contributed by atoms with Gasteiger partial charge in [-0.3, -0.25) is 13.7 Å². The summed E-state index contributed by atoms with van der Waals surface area (Å²) < 4.78 is 29.6. The molecule has 0 aliphatic rings. The molecular formula is C21H18N2O3S2. The number of rotatable bonds is 5. The number of hydrogen-bond donors (Lipinski definition) is 0. The fraction of sp³-hybridized carbons (Fsp3) is 0.0952. The first kappa shape index (κ1) is 18.5. The first-order valence-corrected chi connectivity index (χ1v) is 10.9. The molecule has 0 aliphatic heterocycles. The van der Waals surface area contributed by atoms with Crippen LogP contribution in [0.5, 0.6) is 0 Å². The van der Waals surface area contributed by atoms with Gasteiger partial charge in [-0.15, -0.1) is 0 Å². The van der Waals surface area contributed by atoms with Crippen LogP contribution in [-0.2, 0) is 16.6 Å². The highest BCUT2D eigenvalue weighted by atomic mass is 32.2. The molecule has 7 heteroatoms. The summed E-state index contributed by atoms with van der Waals surface area (Å²) in [5.74, 6) is 0. The van der Waals surface area contributed by atoms with E-state index >= 15 is 0 Å². The highest BCUT2D eigenvalue weighted by Crippen LogP contribution is 2.26. The zero-order chi connectivity index (χ0) is 19.7. The minimum atomic E-state index is -3.72. The quantitative estimate of drug-likeness (QED) is 0.501. The Morgan fingerprint density at radius 2 is 1.57 bits per heavy atom. The Morgan fingerprint density at radius 3 is 2.25 bits per heavy atom. The van der Waals surface area contributed by atoms with Crippen molar-refractivity contribution in [3.63, 3.8) is 0 Å². The lowest BCUT2D eigenvalue weighted by atomic mass is 10.2. The molecule has 3 aromatic carbocycles. The van der Waals surface area contributed by atoms with Gasteiger partial charge >= 0.3 is 4.87 Å². The lowest BCUT2D eigenvalue weighted by Crippen LogP contribution is -2.26. The van der Waals surface area contributed by atoms with Crippen LogP contribution in [0.15, 0.2) is 88.6 Å². The summed E-state index contributed by atoms with van der Waals surface area (Å²) in [6.07, 6.45) is 0. The Balaban J connectivity index is 1.74. The van der Waals surface area contributed by atoms with Crippen LogP contribution in [0, 0.1) is 0 Å². The predicted octanol–water partition coefficient (Wildman–Crippen LogP) is 3.94. The number of thiazole rings is 1. The van der Waals surface area contributed by atoms with E-state index in [1.54, 1.807) is 47.0 Å². The van der Waals surface area contributed by atoms with E-state index in [1.807, 2.05) is 36.4 Å². The first-order valence-electron chi connectivity index (χ1n) is 8.68. The molecule has 0 bridgehead atoms. The summed E-state index contributed by atoms with van der Waals surface area (Å²) in [6.45, 7) is 0.454. The first-order chi connectivity index (χ1) is 13.5. The Hall–Kier alpha value is -2.90. The molecule has 0 amide bonds. The maximum Gasteiger partial charge on any atom is 0.308 e. The second-order valence-electron chi connectivity index (χ2n) is 6.38. The number of nitrogens with zero attached hydrogens (tertiary/aromatic N) is 2. The number of benzene rings is 3. The fourth-order valence-electron chi connectivity index (χ4n) is 3.06. The lowest BCUT2D eigenvalue weighted by molar-refractivity contribution is 0.594. The molecule has 1 heterocycles. The molecule has 4 aromatic rings. The summed E-state index contributed by atoms with van der Waals surface area (Å²) in [7, 11) is -2.19. The molecule has 0 aliphatic carbocycles. The van der Waals surface area contributed by atoms with Gasteiger partial charge in [0, 0.05) is 7.05 Å². The average molecular weight is 411 g/mol. The molecule has 0 saturated carbocycles. The second-order valence-corrected chi connectivity index (χ2v) is 9.34. The van der Waals surface area contributed by atoms with Gasteiger partial charge < -0.3 is 0 Å². The van der Waals surface area contributed by atoms with Crippen molar-refractivity contribution in [1.29, 1.82) is 0 Å². The largest absolute Gasteiger partial charge is 0.308 e. The van der Waals surface area contributed by atoms with E-state index in [4.69, 9.17) is 0 Å². The van der Waals surface area contributed by atoms with E-state index in [0.717, 1.165) is 22.4 Å². The van der Waals surface area contributed by atoms with Crippen LogP contribution < -0.4 is 9.18 Å². The van der Waals surface area contributed by atoms with Crippen molar-refractivity contribution in [2.24, 2.45) is 0 Å². The molecule has 0 fully saturated rings. The second kappa shape index (κ2) is 7.26. The molecule has 0 N–H and O–H groups in total. The maximum absolute atomic E-state index is 13.0. The van der Waals surface area contributed by atoms with Gasteiger partial charge in [0.05, 0.1) is 27.3 Å². The monoisotopic (exact) mass is 410 g/mol. The fourth-order valence-corrected chi connectivity index (χ4v) is 5.28. The lowest BCUT2D eigenvalue weighted by Gasteiger charge is -2.19. The molecule has 5 nitrogen and oxygen atoms in total. The summed E-state index contributed by atoms with van der Waals surface area (Å²) in [6, 6.07) is 23.5. The number of anilines is 1. The van der Waals surface area contributed by atoms with E-state index in [0.29, 0.717) is 16.9 Å². The Kier molecular flexibility index (Phi) is 4.78. The van der Waals surface area contributed by atoms with Gasteiger partial charge in [0.25, 0.3) is 10.0 Å².